The van der Waals surface area contributed by atoms with Crippen LogP contribution in [-0.2, 0) is 9.53 Å². The molecule has 0 radical (unpaired) electrons. The molecule has 8 heteroatoms. The van der Waals surface area contributed by atoms with Gasteiger partial charge in [-0.3, -0.25) is 19.4 Å². The number of aromatic nitrogens is 2. The SMILES string of the molecule is CCCCCOc1ccc([C@@H]2SCC(=O)Nc3c2c(=O)[nH]n3[C@H]2CCOC(C)(C)C2)cc1. The lowest BCUT2D eigenvalue weighted by molar-refractivity contribution is -0.113. The summed E-state index contributed by atoms with van der Waals surface area (Å²) in [6.07, 6.45) is 4.92. The van der Waals surface area contributed by atoms with Gasteiger partial charge in [-0.1, -0.05) is 31.9 Å². The average molecular weight is 460 g/mol. The molecule has 2 aliphatic rings. The quantitative estimate of drug-likeness (QED) is 0.589. The molecule has 0 spiro atoms. The molecule has 0 saturated carbocycles. The summed E-state index contributed by atoms with van der Waals surface area (Å²) in [6, 6.07) is 7.97. The molecule has 2 aliphatic heterocycles. The highest BCUT2D eigenvalue weighted by Gasteiger charge is 2.36. The van der Waals surface area contributed by atoms with Gasteiger partial charge in [0.25, 0.3) is 5.56 Å². The van der Waals surface area contributed by atoms with Gasteiger partial charge in [0.2, 0.25) is 5.91 Å². The summed E-state index contributed by atoms with van der Waals surface area (Å²) < 4.78 is 13.5. The van der Waals surface area contributed by atoms with Crippen LogP contribution in [-0.4, -0.2) is 40.3 Å². The van der Waals surface area contributed by atoms with Crippen LogP contribution in [0.2, 0.25) is 0 Å². The molecule has 0 unspecified atom stereocenters. The van der Waals surface area contributed by atoms with Crippen molar-refractivity contribution in [3.63, 3.8) is 0 Å². The Hall–Kier alpha value is -2.19. The highest BCUT2D eigenvalue weighted by molar-refractivity contribution is 8.00. The van der Waals surface area contributed by atoms with E-state index in [1.807, 2.05) is 28.9 Å². The Labute approximate surface area is 193 Å². The van der Waals surface area contributed by atoms with Gasteiger partial charge in [0.1, 0.15) is 11.6 Å². The molecule has 1 fully saturated rings. The van der Waals surface area contributed by atoms with Crippen molar-refractivity contribution in [2.24, 2.45) is 0 Å². The third-order valence-corrected chi connectivity index (χ3v) is 7.37. The number of H-pyrrole nitrogens is 1. The smallest absolute Gasteiger partial charge is 0.270 e. The van der Waals surface area contributed by atoms with Gasteiger partial charge < -0.3 is 14.8 Å². The standard InChI is InChI=1S/C24H33N3O4S/c1-4-5-6-12-30-18-9-7-16(8-10-18)21-20-22(25-19(28)15-32-21)27(26-23(20)29)17-11-13-31-24(2,3)14-17/h7-10,17,21H,4-6,11-15H2,1-3H3,(H,25,28)(H,26,29)/t17-,21-/m0/s1. The predicted molar refractivity (Wildman–Crippen MR) is 128 cm³/mol. The largest absolute Gasteiger partial charge is 0.494 e. The molecule has 0 aliphatic carbocycles. The number of rotatable bonds is 7. The topological polar surface area (TPSA) is 85.4 Å². The number of amides is 1. The zero-order valence-corrected chi connectivity index (χ0v) is 19.9. The molecule has 2 aromatic rings. The summed E-state index contributed by atoms with van der Waals surface area (Å²) >= 11 is 1.48. The van der Waals surface area contributed by atoms with Crippen LogP contribution in [0.15, 0.2) is 29.1 Å². The number of aromatic amines is 1. The van der Waals surface area contributed by atoms with E-state index in [0.717, 1.165) is 43.4 Å². The van der Waals surface area contributed by atoms with Gasteiger partial charge in [-0.2, -0.15) is 0 Å². The summed E-state index contributed by atoms with van der Waals surface area (Å²) in [6.45, 7) is 7.62. The molecule has 1 saturated heterocycles. The van der Waals surface area contributed by atoms with Gasteiger partial charge >= 0.3 is 0 Å². The van der Waals surface area contributed by atoms with Crippen LogP contribution in [0.4, 0.5) is 5.82 Å². The average Bonchev–Trinajstić information content (AvgIpc) is 2.96. The van der Waals surface area contributed by atoms with Crippen LogP contribution in [0.5, 0.6) is 5.75 Å². The van der Waals surface area contributed by atoms with E-state index < -0.39 is 0 Å². The van der Waals surface area contributed by atoms with Crippen LogP contribution >= 0.6 is 11.8 Å². The number of thioether (sulfide) groups is 1. The lowest BCUT2D eigenvalue weighted by atomic mass is 9.94. The first-order valence-corrected chi connectivity index (χ1v) is 12.6. The van der Waals surface area contributed by atoms with Crippen molar-refractivity contribution in [1.29, 1.82) is 0 Å². The summed E-state index contributed by atoms with van der Waals surface area (Å²) in [7, 11) is 0. The zero-order chi connectivity index (χ0) is 22.7. The lowest BCUT2D eigenvalue weighted by Crippen LogP contribution is -2.36. The molecule has 4 rings (SSSR count). The molecule has 7 nitrogen and oxygen atoms in total. The summed E-state index contributed by atoms with van der Waals surface area (Å²) in [4.78, 5) is 25.6. The Bertz CT molecular complexity index is 996. The van der Waals surface area contributed by atoms with Crippen molar-refractivity contribution >= 4 is 23.5 Å². The van der Waals surface area contributed by atoms with E-state index in [4.69, 9.17) is 9.47 Å². The van der Waals surface area contributed by atoms with Crippen molar-refractivity contribution in [3.05, 3.63) is 45.7 Å². The molecule has 1 aromatic heterocycles. The number of anilines is 1. The molecule has 2 atom stereocenters. The number of carbonyl (C=O) groups is 1. The van der Waals surface area contributed by atoms with Crippen molar-refractivity contribution in [3.8, 4) is 5.75 Å². The molecule has 3 heterocycles. The van der Waals surface area contributed by atoms with Crippen molar-refractivity contribution in [2.75, 3.05) is 24.3 Å². The Kier molecular flexibility index (Phi) is 7.00. The lowest BCUT2D eigenvalue weighted by Gasteiger charge is -2.36. The van der Waals surface area contributed by atoms with E-state index >= 15 is 0 Å². The molecular formula is C24H33N3O4S. The Morgan fingerprint density at radius 1 is 1.22 bits per heavy atom. The number of nitrogens with one attached hydrogen (secondary N) is 2. The van der Waals surface area contributed by atoms with Crippen LogP contribution < -0.4 is 15.6 Å². The number of nitrogens with zero attached hydrogens (tertiary/aromatic N) is 1. The highest BCUT2D eigenvalue weighted by atomic mass is 32.2. The molecule has 2 N–H and O–H groups in total. The normalized spacial score (nSPS) is 22.7. The second-order valence-electron chi connectivity index (χ2n) is 9.19. The summed E-state index contributed by atoms with van der Waals surface area (Å²) in [5.74, 6) is 1.63. The van der Waals surface area contributed by atoms with E-state index in [2.05, 4.69) is 31.2 Å². The molecular weight excluding hydrogens is 426 g/mol. The number of carbonyl (C=O) groups excluding carboxylic acids is 1. The van der Waals surface area contributed by atoms with Gasteiger partial charge in [-0.25, -0.2) is 0 Å². The third-order valence-electron chi connectivity index (χ3n) is 6.10. The van der Waals surface area contributed by atoms with E-state index in [1.165, 1.54) is 11.8 Å². The maximum Gasteiger partial charge on any atom is 0.270 e. The first-order valence-electron chi connectivity index (χ1n) is 11.5. The monoisotopic (exact) mass is 459 g/mol. The second-order valence-corrected chi connectivity index (χ2v) is 10.3. The minimum Gasteiger partial charge on any atom is -0.494 e. The number of fused-ring (bicyclic) bond motifs is 1. The van der Waals surface area contributed by atoms with E-state index in [1.54, 1.807) is 0 Å². The van der Waals surface area contributed by atoms with Crippen molar-refractivity contribution in [2.45, 2.75) is 69.8 Å². The maximum absolute atomic E-state index is 13.1. The Morgan fingerprint density at radius 3 is 2.72 bits per heavy atom. The molecule has 174 valence electrons. The van der Waals surface area contributed by atoms with Crippen molar-refractivity contribution < 1.29 is 14.3 Å². The minimum absolute atomic E-state index is 0.0677. The molecule has 1 aromatic carbocycles. The van der Waals surface area contributed by atoms with Crippen LogP contribution in [0.25, 0.3) is 0 Å². The van der Waals surface area contributed by atoms with E-state index in [0.29, 0.717) is 30.3 Å². The zero-order valence-electron chi connectivity index (χ0n) is 19.1. The first-order chi connectivity index (χ1) is 15.4. The maximum atomic E-state index is 13.1. The molecule has 0 bridgehead atoms. The number of benzene rings is 1. The fourth-order valence-electron chi connectivity index (χ4n) is 4.48. The van der Waals surface area contributed by atoms with Gasteiger partial charge in [0, 0.05) is 6.61 Å². The summed E-state index contributed by atoms with van der Waals surface area (Å²) in [5.41, 5.74) is 1.18. The predicted octanol–water partition coefficient (Wildman–Crippen LogP) is 4.65. The number of unbranched alkanes of at least 4 members (excludes halogenated alkanes) is 2. The van der Waals surface area contributed by atoms with Crippen LogP contribution in [0.1, 0.15) is 75.3 Å². The van der Waals surface area contributed by atoms with E-state index in [9.17, 15) is 9.59 Å². The van der Waals surface area contributed by atoms with E-state index in [-0.39, 0.29) is 28.4 Å². The van der Waals surface area contributed by atoms with Gasteiger partial charge in [0.15, 0.2) is 0 Å². The first kappa shape index (κ1) is 23.0. The van der Waals surface area contributed by atoms with Gasteiger partial charge in [-0.15, -0.1) is 11.8 Å². The second kappa shape index (κ2) is 9.75. The number of ether oxygens (including phenoxy) is 2. The Balaban J connectivity index is 1.62. The Morgan fingerprint density at radius 2 is 2.00 bits per heavy atom. The number of hydrogen-bond acceptors (Lipinski definition) is 5. The van der Waals surface area contributed by atoms with Gasteiger partial charge in [0.05, 0.1) is 34.8 Å². The van der Waals surface area contributed by atoms with Crippen LogP contribution in [0, 0.1) is 0 Å². The molecule has 1 amide bonds. The summed E-state index contributed by atoms with van der Waals surface area (Å²) in [5, 5.41) is 5.78. The molecule has 32 heavy (non-hydrogen) atoms. The number of hydrogen-bond donors (Lipinski definition) is 2. The fraction of sp³-hybridized carbons (Fsp3) is 0.583. The third kappa shape index (κ3) is 5.07. The van der Waals surface area contributed by atoms with Crippen molar-refractivity contribution in [1.82, 2.24) is 9.78 Å². The van der Waals surface area contributed by atoms with Crippen LogP contribution in [0.3, 0.4) is 0 Å². The minimum atomic E-state index is -0.271. The highest BCUT2D eigenvalue weighted by Crippen LogP contribution is 2.42. The van der Waals surface area contributed by atoms with Gasteiger partial charge in [-0.05, 0) is 50.8 Å². The fourth-order valence-corrected chi connectivity index (χ4v) is 5.61.